The van der Waals surface area contributed by atoms with E-state index in [2.05, 4.69) is 51.2 Å². The monoisotopic (exact) mass is 429 g/mol. The number of hydrogen-bond donors (Lipinski definition) is 1. The van der Waals surface area contributed by atoms with Crippen molar-refractivity contribution in [1.82, 2.24) is 20.0 Å². The molecule has 3 saturated heterocycles. The fourth-order valence-corrected chi connectivity index (χ4v) is 5.08. The van der Waals surface area contributed by atoms with E-state index >= 15 is 0 Å². The Hall–Kier alpha value is -1.83. The van der Waals surface area contributed by atoms with Crippen molar-refractivity contribution in [2.24, 2.45) is 4.99 Å². The van der Waals surface area contributed by atoms with Crippen molar-refractivity contribution < 1.29 is 9.47 Å². The molecule has 0 aromatic heterocycles. The van der Waals surface area contributed by atoms with Crippen molar-refractivity contribution in [2.75, 3.05) is 72.7 Å². The number of morpholine rings is 1. The summed E-state index contributed by atoms with van der Waals surface area (Å²) in [6.07, 6.45) is 3.77. The van der Waals surface area contributed by atoms with Gasteiger partial charge in [-0.3, -0.25) is 14.8 Å². The number of methoxy groups -OCH3 is 1. The number of hydrogen-bond acceptors (Lipinski definition) is 5. The average Bonchev–Trinajstić information content (AvgIpc) is 3.52. The normalized spacial score (nSPS) is 24.5. The Labute approximate surface area is 187 Å². The molecule has 0 spiro atoms. The second-order valence-corrected chi connectivity index (χ2v) is 8.76. The summed E-state index contributed by atoms with van der Waals surface area (Å²) in [5.41, 5.74) is 1.33. The van der Waals surface area contributed by atoms with E-state index in [1.807, 2.05) is 0 Å². The molecule has 0 bridgehead atoms. The first kappa shape index (κ1) is 22.4. The van der Waals surface area contributed by atoms with Gasteiger partial charge in [0.1, 0.15) is 5.75 Å². The average molecular weight is 430 g/mol. The van der Waals surface area contributed by atoms with Crippen LogP contribution in [0.15, 0.2) is 29.3 Å². The van der Waals surface area contributed by atoms with E-state index in [4.69, 9.17) is 14.5 Å². The molecule has 0 aliphatic carbocycles. The summed E-state index contributed by atoms with van der Waals surface area (Å²) >= 11 is 0. The molecule has 1 N–H and O–H groups in total. The molecule has 1 aromatic rings. The van der Waals surface area contributed by atoms with Gasteiger partial charge in [0.05, 0.1) is 32.9 Å². The van der Waals surface area contributed by atoms with Crippen LogP contribution >= 0.6 is 0 Å². The maximum absolute atomic E-state index is 5.54. The Balaban J connectivity index is 1.45. The molecule has 3 heterocycles. The summed E-state index contributed by atoms with van der Waals surface area (Å²) in [5.74, 6) is 1.97. The van der Waals surface area contributed by atoms with E-state index < -0.39 is 0 Å². The van der Waals surface area contributed by atoms with E-state index in [1.165, 1.54) is 24.8 Å². The lowest BCUT2D eigenvalue weighted by molar-refractivity contribution is 0.0195. The predicted molar refractivity (Wildman–Crippen MR) is 125 cm³/mol. The molecule has 4 rings (SSSR count). The molecule has 0 radical (unpaired) electrons. The van der Waals surface area contributed by atoms with Gasteiger partial charge < -0.3 is 19.7 Å². The Morgan fingerprint density at radius 2 is 1.87 bits per heavy atom. The molecule has 1 aromatic carbocycles. The second kappa shape index (κ2) is 11.2. The third-order valence-electron chi connectivity index (χ3n) is 6.86. The summed E-state index contributed by atoms with van der Waals surface area (Å²) in [4.78, 5) is 12.8. The molecule has 172 valence electrons. The molecule has 31 heavy (non-hydrogen) atoms. The van der Waals surface area contributed by atoms with E-state index in [0.29, 0.717) is 12.1 Å². The Morgan fingerprint density at radius 3 is 2.55 bits per heavy atom. The van der Waals surface area contributed by atoms with Crippen LogP contribution in [0.25, 0.3) is 0 Å². The maximum atomic E-state index is 5.54. The van der Waals surface area contributed by atoms with E-state index in [1.54, 1.807) is 7.11 Å². The first-order chi connectivity index (χ1) is 15.3. The summed E-state index contributed by atoms with van der Waals surface area (Å²) < 4.78 is 10.9. The van der Waals surface area contributed by atoms with E-state index in [0.717, 1.165) is 77.3 Å². The summed E-state index contributed by atoms with van der Waals surface area (Å²) in [7, 11) is 1.72. The number of rotatable bonds is 7. The predicted octanol–water partition coefficient (Wildman–Crippen LogP) is 2.20. The number of nitrogens with zero attached hydrogens (tertiary/aromatic N) is 4. The highest BCUT2D eigenvalue weighted by molar-refractivity contribution is 5.80. The summed E-state index contributed by atoms with van der Waals surface area (Å²) in [5, 5.41) is 3.56. The highest BCUT2D eigenvalue weighted by atomic mass is 16.5. The minimum Gasteiger partial charge on any atom is -0.497 e. The molecule has 2 atom stereocenters. The van der Waals surface area contributed by atoms with Gasteiger partial charge >= 0.3 is 0 Å². The molecular weight excluding hydrogens is 390 g/mol. The van der Waals surface area contributed by atoms with Crippen molar-refractivity contribution in [2.45, 2.75) is 38.3 Å². The number of aliphatic imine (C=N–C) groups is 1. The van der Waals surface area contributed by atoms with Gasteiger partial charge in [-0.1, -0.05) is 12.1 Å². The zero-order valence-electron chi connectivity index (χ0n) is 19.3. The third-order valence-corrected chi connectivity index (χ3v) is 6.86. The van der Waals surface area contributed by atoms with Crippen LogP contribution in [0.1, 0.15) is 37.8 Å². The third kappa shape index (κ3) is 5.70. The minimum atomic E-state index is 0.319. The fourth-order valence-electron chi connectivity index (χ4n) is 5.08. The quantitative estimate of drug-likeness (QED) is 0.530. The zero-order valence-corrected chi connectivity index (χ0v) is 19.3. The van der Waals surface area contributed by atoms with E-state index in [9.17, 15) is 0 Å². The van der Waals surface area contributed by atoms with Crippen LogP contribution in [0.4, 0.5) is 0 Å². The van der Waals surface area contributed by atoms with Crippen LogP contribution in [-0.4, -0.2) is 99.4 Å². The van der Waals surface area contributed by atoms with Crippen molar-refractivity contribution in [3.05, 3.63) is 29.8 Å². The molecule has 3 aliphatic rings. The van der Waals surface area contributed by atoms with Gasteiger partial charge in [-0.15, -0.1) is 0 Å². The van der Waals surface area contributed by atoms with Crippen molar-refractivity contribution >= 4 is 5.96 Å². The van der Waals surface area contributed by atoms with Gasteiger partial charge in [-0.2, -0.15) is 0 Å². The SMILES string of the molecule is CCNC(=NCC(c1ccc(OC)cc1)N1CCCC1)N1CCC(N2CCOCC2)C1. The van der Waals surface area contributed by atoms with Crippen LogP contribution in [0.3, 0.4) is 0 Å². The van der Waals surface area contributed by atoms with Crippen molar-refractivity contribution in [3.8, 4) is 5.75 Å². The lowest BCUT2D eigenvalue weighted by Gasteiger charge is -2.32. The van der Waals surface area contributed by atoms with Crippen molar-refractivity contribution in [3.63, 3.8) is 0 Å². The number of guanidine groups is 1. The largest absolute Gasteiger partial charge is 0.497 e. The van der Waals surface area contributed by atoms with Gasteiger partial charge in [-0.25, -0.2) is 0 Å². The number of likely N-dealkylation sites (tertiary alicyclic amines) is 2. The lowest BCUT2D eigenvalue weighted by atomic mass is 10.1. The van der Waals surface area contributed by atoms with Crippen LogP contribution < -0.4 is 10.1 Å². The highest BCUT2D eigenvalue weighted by Crippen LogP contribution is 2.27. The topological polar surface area (TPSA) is 52.6 Å². The van der Waals surface area contributed by atoms with E-state index in [-0.39, 0.29) is 0 Å². The minimum absolute atomic E-state index is 0.319. The Bertz CT molecular complexity index is 698. The smallest absolute Gasteiger partial charge is 0.194 e. The van der Waals surface area contributed by atoms with Gasteiger partial charge in [0.25, 0.3) is 0 Å². The van der Waals surface area contributed by atoms with Crippen LogP contribution in [0, 0.1) is 0 Å². The highest BCUT2D eigenvalue weighted by Gasteiger charge is 2.31. The molecule has 7 nitrogen and oxygen atoms in total. The molecule has 3 fully saturated rings. The Morgan fingerprint density at radius 1 is 1.13 bits per heavy atom. The van der Waals surface area contributed by atoms with Gasteiger partial charge in [0, 0.05) is 38.8 Å². The molecular formula is C24H39N5O2. The zero-order chi connectivity index (χ0) is 21.5. The second-order valence-electron chi connectivity index (χ2n) is 8.76. The maximum Gasteiger partial charge on any atom is 0.194 e. The standard InChI is InChI=1S/C24H39N5O2/c1-3-25-24(29-13-10-21(19-29)27-14-16-31-17-15-27)26-18-23(28-11-4-5-12-28)20-6-8-22(30-2)9-7-20/h6-9,21,23H,3-5,10-19H2,1-2H3,(H,25,26). The molecule has 0 saturated carbocycles. The van der Waals surface area contributed by atoms with Gasteiger partial charge in [-0.05, 0) is 57.0 Å². The van der Waals surface area contributed by atoms with Crippen LogP contribution in [0.2, 0.25) is 0 Å². The molecule has 3 aliphatic heterocycles. The number of benzene rings is 1. The molecule has 2 unspecified atom stereocenters. The van der Waals surface area contributed by atoms with Crippen molar-refractivity contribution in [1.29, 1.82) is 0 Å². The first-order valence-corrected chi connectivity index (χ1v) is 12.0. The van der Waals surface area contributed by atoms with Gasteiger partial charge in [0.15, 0.2) is 5.96 Å². The van der Waals surface area contributed by atoms with Crippen LogP contribution in [-0.2, 0) is 4.74 Å². The summed E-state index contributed by atoms with van der Waals surface area (Å²) in [6, 6.07) is 9.48. The fraction of sp³-hybridized carbons (Fsp3) is 0.708. The first-order valence-electron chi connectivity index (χ1n) is 12.0. The summed E-state index contributed by atoms with van der Waals surface area (Å²) in [6.45, 7) is 12.1. The number of nitrogens with one attached hydrogen (secondary N) is 1. The Kier molecular flexibility index (Phi) is 8.05. The number of ether oxygens (including phenoxy) is 2. The van der Waals surface area contributed by atoms with Crippen LogP contribution in [0.5, 0.6) is 5.75 Å². The molecule has 7 heteroatoms. The van der Waals surface area contributed by atoms with Gasteiger partial charge in [0.2, 0.25) is 0 Å². The lowest BCUT2D eigenvalue weighted by Crippen LogP contribution is -2.46. The molecule has 0 amide bonds.